The fourth-order valence-electron chi connectivity index (χ4n) is 3.03. The highest BCUT2D eigenvalue weighted by Gasteiger charge is 2.46. The highest BCUT2D eigenvalue weighted by atomic mass is 79.9. The van der Waals surface area contributed by atoms with Crippen LogP contribution in [0.1, 0.15) is 6.04 Å². The number of aliphatic hydroxyl groups is 3. The van der Waals surface area contributed by atoms with Crippen molar-refractivity contribution < 1.29 is 20.1 Å². The Morgan fingerprint density at radius 1 is 1.29 bits per heavy atom. The van der Waals surface area contributed by atoms with Gasteiger partial charge in [-0.15, -0.1) is 16.4 Å². The number of aliphatic hydroxyl groups excluding tert-OH is 3. The molecule has 0 aromatic carbocycles. The Morgan fingerprint density at radius 2 is 2.14 bits per heavy atom. The number of hydrogen-bond acceptors (Lipinski definition) is 9. The highest BCUT2D eigenvalue weighted by molar-refractivity contribution is 9.10. The van der Waals surface area contributed by atoms with E-state index in [0.29, 0.717) is 5.69 Å². The summed E-state index contributed by atoms with van der Waals surface area (Å²) in [6.07, 6.45) is 1.91. The van der Waals surface area contributed by atoms with Crippen molar-refractivity contribution >= 4 is 39.0 Å². The van der Waals surface area contributed by atoms with Crippen LogP contribution in [0.3, 0.4) is 0 Å². The van der Waals surface area contributed by atoms with Crippen LogP contribution >= 0.6 is 39.0 Å². The van der Waals surface area contributed by atoms with Crippen molar-refractivity contribution in [2.75, 3.05) is 6.61 Å². The molecule has 148 valence electrons. The molecule has 11 heteroatoms. The molecule has 0 bridgehead atoms. The van der Waals surface area contributed by atoms with Gasteiger partial charge in [0.05, 0.1) is 17.7 Å². The highest BCUT2D eigenvalue weighted by Crippen LogP contribution is 2.38. The molecule has 1 fully saturated rings. The van der Waals surface area contributed by atoms with Gasteiger partial charge in [-0.1, -0.05) is 23.0 Å². The maximum absolute atomic E-state index is 10.9. The third-order valence-electron chi connectivity index (χ3n) is 4.37. The zero-order chi connectivity index (χ0) is 19.7. The number of thioether (sulfide) groups is 1. The normalized spacial score (nSPS) is 27.8. The predicted octanol–water partition coefficient (Wildman–Crippen LogP) is 1.94. The van der Waals surface area contributed by atoms with Gasteiger partial charge in [0, 0.05) is 21.8 Å². The van der Waals surface area contributed by atoms with Gasteiger partial charge in [0.15, 0.2) is 0 Å². The molecule has 0 radical (unpaired) electrons. The molecule has 3 aromatic heterocycles. The van der Waals surface area contributed by atoms with Gasteiger partial charge in [0.1, 0.15) is 35.5 Å². The summed E-state index contributed by atoms with van der Waals surface area (Å²) in [7, 11) is 0. The van der Waals surface area contributed by atoms with Gasteiger partial charge in [-0.3, -0.25) is 4.98 Å². The molecule has 8 nitrogen and oxygen atoms in total. The van der Waals surface area contributed by atoms with Gasteiger partial charge in [-0.25, -0.2) is 4.68 Å². The Bertz CT molecular complexity index is 926. The maximum atomic E-state index is 10.9. The third kappa shape index (κ3) is 4.01. The Kier molecular flexibility index (Phi) is 6.11. The Morgan fingerprint density at radius 3 is 2.86 bits per heavy atom. The Labute approximate surface area is 177 Å². The van der Waals surface area contributed by atoms with Crippen LogP contribution in [0.4, 0.5) is 0 Å². The van der Waals surface area contributed by atoms with Crippen LogP contribution in [0, 0.1) is 0 Å². The quantitative estimate of drug-likeness (QED) is 0.503. The van der Waals surface area contributed by atoms with Crippen molar-refractivity contribution in [2.45, 2.75) is 34.7 Å². The van der Waals surface area contributed by atoms with E-state index in [2.05, 4.69) is 31.2 Å². The number of halogens is 1. The maximum Gasteiger partial charge on any atom is 0.136 e. The van der Waals surface area contributed by atoms with E-state index >= 15 is 0 Å². The fourth-order valence-corrected chi connectivity index (χ4v) is 5.30. The minimum absolute atomic E-state index is 0.384. The van der Waals surface area contributed by atoms with Crippen molar-refractivity contribution in [1.29, 1.82) is 0 Å². The molecular formula is C17H17BrN4O4S2. The first kappa shape index (κ1) is 20.0. The molecule has 1 aliphatic rings. The molecule has 0 saturated carbocycles. The number of ether oxygens (including phenoxy) is 1. The lowest BCUT2D eigenvalue weighted by atomic mass is 9.97. The second-order valence-corrected chi connectivity index (χ2v) is 9.25. The van der Waals surface area contributed by atoms with Crippen LogP contribution in [0.15, 0.2) is 51.5 Å². The molecule has 28 heavy (non-hydrogen) atoms. The summed E-state index contributed by atoms with van der Waals surface area (Å²) >= 11 is 6.16. The molecule has 5 unspecified atom stereocenters. The first-order valence-corrected chi connectivity index (χ1v) is 11.0. The zero-order valence-electron chi connectivity index (χ0n) is 14.4. The molecule has 3 N–H and O–H groups in total. The molecule has 1 saturated heterocycles. The smallest absolute Gasteiger partial charge is 0.136 e. The lowest BCUT2D eigenvalue weighted by molar-refractivity contribution is -0.178. The average Bonchev–Trinajstić information content (AvgIpc) is 3.36. The number of aromatic nitrogens is 4. The van der Waals surface area contributed by atoms with Gasteiger partial charge in [0.25, 0.3) is 0 Å². The van der Waals surface area contributed by atoms with Gasteiger partial charge < -0.3 is 20.1 Å². The minimum atomic E-state index is -1.14. The van der Waals surface area contributed by atoms with Crippen molar-refractivity contribution in [1.82, 2.24) is 20.0 Å². The van der Waals surface area contributed by atoms with Crippen LogP contribution in [-0.2, 0) is 4.74 Å². The molecule has 0 spiro atoms. The molecule has 4 heterocycles. The largest absolute Gasteiger partial charge is 0.394 e. The molecular weight excluding hydrogens is 468 g/mol. The number of hydrogen-bond donors (Lipinski definition) is 3. The topological polar surface area (TPSA) is 114 Å². The molecule has 3 aromatic rings. The van der Waals surface area contributed by atoms with Gasteiger partial charge in [-0.2, -0.15) is 0 Å². The van der Waals surface area contributed by atoms with E-state index in [-0.39, 0.29) is 6.61 Å². The Balaban J connectivity index is 1.61. The van der Waals surface area contributed by atoms with E-state index < -0.39 is 29.8 Å². The summed E-state index contributed by atoms with van der Waals surface area (Å²) in [5, 5.41) is 41.4. The first-order valence-electron chi connectivity index (χ1n) is 8.42. The Hall–Kier alpha value is -1.34. The predicted molar refractivity (Wildman–Crippen MR) is 108 cm³/mol. The minimum Gasteiger partial charge on any atom is -0.394 e. The fraction of sp³-hybridized carbons (Fsp3) is 0.353. The molecule has 1 aliphatic heterocycles. The van der Waals surface area contributed by atoms with Crippen LogP contribution in [0.2, 0.25) is 0 Å². The summed E-state index contributed by atoms with van der Waals surface area (Å²) in [5.41, 5.74) is -0.0714. The molecule has 4 rings (SSSR count). The summed E-state index contributed by atoms with van der Waals surface area (Å²) < 4.78 is 7.99. The standard InChI is InChI=1S/C17H17BrN4O4S2/c18-9-4-10(6-19-5-9)28-17-16(25)14(15(24)12(8-23)26-17)22-7-11(20-21-22)13-2-1-3-27-13/h1-7,12,14-17,23-25H,8H2. The van der Waals surface area contributed by atoms with Gasteiger partial charge >= 0.3 is 0 Å². The van der Waals surface area contributed by atoms with E-state index in [9.17, 15) is 15.3 Å². The lowest BCUT2D eigenvalue weighted by Crippen LogP contribution is -2.55. The van der Waals surface area contributed by atoms with E-state index in [4.69, 9.17) is 4.74 Å². The van der Waals surface area contributed by atoms with E-state index in [0.717, 1.165) is 14.2 Å². The van der Waals surface area contributed by atoms with Gasteiger partial charge in [-0.05, 0) is 33.4 Å². The molecule has 0 aliphatic carbocycles. The van der Waals surface area contributed by atoms with E-state index in [1.807, 2.05) is 23.6 Å². The summed E-state index contributed by atoms with van der Waals surface area (Å²) in [6.45, 7) is -0.384. The monoisotopic (exact) mass is 484 g/mol. The number of rotatable bonds is 5. The zero-order valence-corrected chi connectivity index (χ0v) is 17.6. The number of thiophene rings is 1. The van der Waals surface area contributed by atoms with Gasteiger partial charge in [0.2, 0.25) is 0 Å². The summed E-state index contributed by atoms with van der Waals surface area (Å²) in [6, 6.07) is 4.87. The van der Waals surface area contributed by atoms with Crippen molar-refractivity contribution in [3.05, 3.63) is 46.6 Å². The SMILES string of the molecule is OCC1OC(Sc2cncc(Br)c2)C(O)C(n2cc(-c3cccs3)nn2)C1O. The first-order chi connectivity index (χ1) is 13.6. The van der Waals surface area contributed by atoms with Crippen LogP contribution in [0.25, 0.3) is 10.6 Å². The van der Waals surface area contributed by atoms with Crippen LogP contribution in [0.5, 0.6) is 0 Å². The van der Waals surface area contributed by atoms with Crippen molar-refractivity contribution in [3.63, 3.8) is 0 Å². The number of nitrogens with zero attached hydrogens (tertiary/aromatic N) is 4. The average molecular weight is 485 g/mol. The van der Waals surface area contributed by atoms with E-state index in [1.165, 1.54) is 27.8 Å². The van der Waals surface area contributed by atoms with Crippen LogP contribution < -0.4 is 0 Å². The lowest BCUT2D eigenvalue weighted by Gasteiger charge is -2.41. The number of pyridine rings is 1. The third-order valence-corrected chi connectivity index (χ3v) is 6.81. The second-order valence-electron chi connectivity index (χ2n) is 6.22. The van der Waals surface area contributed by atoms with E-state index in [1.54, 1.807) is 18.6 Å². The van der Waals surface area contributed by atoms with Crippen molar-refractivity contribution in [3.8, 4) is 10.6 Å². The summed E-state index contributed by atoms with van der Waals surface area (Å²) in [4.78, 5) is 5.83. The molecule has 5 atom stereocenters. The summed E-state index contributed by atoms with van der Waals surface area (Å²) in [5.74, 6) is 0. The second kappa shape index (κ2) is 8.57. The molecule has 0 amide bonds. The van der Waals surface area contributed by atoms with Crippen LogP contribution in [-0.4, -0.2) is 65.7 Å². The van der Waals surface area contributed by atoms with Crippen molar-refractivity contribution in [2.24, 2.45) is 0 Å².